The predicted octanol–water partition coefficient (Wildman–Crippen LogP) is 4.14. The van der Waals surface area contributed by atoms with E-state index < -0.39 is 11.7 Å². The minimum Gasteiger partial charge on any atom is -0.355 e. The second kappa shape index (κ2) is 9.66. The Kier molecular flexibility index (Phi) is 7.20. The third kappa shape index (κ3) is 5.86. The van der Waals surface area contributed by atoms with E-state index in [1.54, 1.807) is 6.07 Å². The van der Waals surface area contributed by atoms with Gasteiger partial charge < -0.3 is 10.2 Å². The van der Waals surface area contributed by atoms with Gasteiger partial charge in [0.05, 0.1) is 18.2 Å². The highest BCUT2D eigenvalue weighted by Gasteiger charge is 2.31. The Morgan fingerprint density at radius 1 is 1.17 bits per heavy atom. The van der Waals surface area contributed by atoms with Gasteiger partial charge in [0.1, 0.15) is 5.82 Å². The molecule has 1 aromatic heterocycles. The molecule has 1 N–H and O–H groups in total. The monoisotopic (exact) mass is 440 g/mol. The Balaban J connectivity index is 1.52. The van der Waals surface area contributed by atoms with Gasteiger partial charge in [-0.25, -0.2) is 4.98 Å². The highest BCUT2D eigenvalue weighted by molar-refractivity contribution is 6.31. The quantitative estimate of drug-likeness (QED) is 0.759. The first-order valence-corrected chi connectivity index (χ1v) is 10.2. The van der Waals surface area contributed by atoms with Gasteiger partial charge in [-0.1, -0.05) is 29.8 Å². The average molecular weight is 441 g/mol. The van der Waals surface area contributed by atoms with Crippen LogP contribution in [0.3, 0.4) is 0 Å². The fourth-order valence-corrected chi connectivity index (χ4v) is 3.79. The Labute approximate surface area is 178 Å². The predicted molar refractivity (Wildman–Crippen MR) is 111 cm³/mol. The van der Waals surface area contributed by atoms with Crippen LogP contribution in [0.15, 0.2) is 42.6 Å². The summed E-state index contributed by atoms with van der Waals surface area (Å²) in [5.74, 6) is 0.421. The number of hydrogen-bond donors (Lipinski definition) is 1. The first-order valence-electron chi connectivity index (χ1n) is 9.78. The van der Waals surface area contributed by atoms with Crippen molar-refractivity contribution in [3.05, 3.63) is 58.7 Å². The second-order valence-electron chi connectivity index (χ2n) is 7.33. The van der Waals surface area contributed by atoms with E-state index in [0.29, 0.717) is 30.5 Å². The van der Waals surface area contributed by atoms with Crippen LogP contribution in [-0.2, 0) is 11.0 Å². The molecule has 5 nitrogen and oxygen atoms in total. The molecule has 1 aliphatic heterocycles. The van der Waals surface area contributed by atoms with Crippen molar-refractivity contribution < 1.29 is 18.0 Å². The van der Waals surface area contributed by atoms with E-state index in [4.69, 9.17) is 11.6 Å². The summed E-state index contributed by atoms with van der Waals surface area (Å²) < 4.78 is 38.1. The molecule has 0 bridgehead atoms. The third-order valence-corrected chi connectivity index (χ3v) is 5.45. The summed E-state index contributed by atoms with van der Waals surface area (Å²) in [6.07, 6.45) is -2.74. The molecule has 162 valence electrons. The van der Waals surface area contributed by atoms with E-state index in [2.05, 4.69) is 10.3 Å². The highest BCUT2D eigenvalue weighted by Crippen LogP contribution is 2.29. The number of nitrogens with zero attached hydrogens (tertiary/aromatic N) is 3. The van der Waals surface area contributed by atoms with E-state index in [1.165, 1.54) is 6.07 Å². The van der Waals surface area contributed by atoms with E-state index in [9.17, 15) is 18.0 Å². The van der Waals surface area contributed by atoms with Crippen LogP contribution in [0.1, 0.15) is 30.5 Å². The first kappa shape index (κ1) is 22.4. The van der Waals surface area contributed by atoms with E-state index in [0.717, 1.165) is 30.8 Å². The molecule has 30 heavy (non-hydrogen) atoms. The minimum atomic E-state index is -4.39. The molecule has 9 heteroatoms. The lowest BCUT2D eigenvalue weighted by Crippen LogP contribution is -2.40. The summed E-state index contributed by atoms with van der Waals surface area (Å²) in [5, 5.41) is 3.58. The maximum Gasteiger partial charge on any atom is 0.417 e. The van der Waals surface area contributed by atoms with E-state index in [-0.39, 0.29) is 18.5 Å². The topological polar surface area (TPSA) is 48.5 Å². The normalized spacial score (nSPS) is 16.8. The average Bonchev–Trinajstić information content (AvgIpc) is 2.93. The molecule has 3 rings (SSSR count). The number of anilines is 1. The molecular weight excluding hydrogens is 417 g/mol. The molecule has 0 spiro atoms. The second-order valence-corrected chi connectivity index (χ2v) is 7.74. The number of benzene rings is 1. The lowest BCUT2D eigenvalue weighted by atomic mass is 10.1. The van der Waals surface area contributed by atoms with Crippen molar-refractivity contribution in [3.63, 3.8) is 0 Å². The number of carbonyl (C=O) groups is 1. The van der Waals surface area contributed by atoms with Crippen LogP contribution < -0.4 is 10.2 Å². The van der Waals surface area contributed by atoms with Crippen molar-refractivity contribution in [3.8, 4) is 0 Å². The molecule has 2 heterocycles. The van der Waals surface area contributed by atoms with E-state index >= 15 is 0 Å². The van der Waals surface area contributed by atoms with Gasteiger partial charge in [-0.3, -0.25) is 9.69 Å². The van der Waals surface area contributed by atoms with Gasteiger partial charge in [0.15, 0.2) is 0 Å². The third-order valence-electron chi connectivity index (χ3n) is 5.10. The Hall–Kier alpha value is -2.32. The molecule has 0 aliphatic carbocycles. The fourth-order valence-electron chi connectivity index (χ4n) is 3.49. The maximum atomic E-state index is 12.7. The lowest BCUT2D eigenvalue weighted by molar-refractivity contribution is -0.137. The molecule has 0 unspecified atom stereocenters. The molecule has 0 saturated carbocycles. The number of alkyl halides is 3. The molecule has 1 amide bonds. The van der Waals surface area contributed by atoms with Gasteiger partial charge in [-0.2, -0.15) is 13.2 Å². The number of rotatable bonds is 5. The number of halogens is 4. The van der Waals surface area contributed by atoms with Crippen molar-refractivity contribution in [1.82, 2.24) is 15.2 Å². The molecule has 1 saturated heterocycles. The molecule has 1 fully saturated rings. The van der Waals surface area contributed by atoms with Crippen LogP contribution in [-0.4, -0.2) is 48.5 Å². The van der Waals surface area contributed by atoms with E-state index in [1.807, 2.05) is 34.9 Å². The van der Waals surface area contributed by atoms with Crippen molar-refractivity contribution >= 4 is 23.3 Å². The van der Waals surface area contributed by atoms with Gasteiger partial charge in [0.25, 0.3) is 0 Å². The summed E-state index contributed by atoms with van der Waals surface area (Å²) in [4.78, 5) is 20.4. The zero-order valence-electron chi connectivity index (χ0n) is 16.6. The van der Waals surface area contributed by atoms with Crippen LogP contribution in [0.2, 0.25) is 5.02 Å². The summed E-state index contributed by atoms with van der Waals surface area (Å²) >= 11 is 6.19. The Morgan fingerprint density at radius 3 is 2.60 bits per heavy atom. The fraction of sp³-hybridized carbons (Fsp3) is 0.429. The minimum absolute atomic E-state index is 0.0940. The first-order chi connectivity index (χ1) is 14.2. The Morgan fingerprint density at radius 2 is 1.93 bits per heavy atom. The lowest BCUT2D eigenvalue weighted by Gasteiger charge is -2.23. The van der Waals surface area contributed by atoms with Gasteiger partial charge in [0.2, 0.25) is 5.91 Å². The van der Waals surface area contributed by atoms with Crippen LogP contribution >= 0.6 is 11.6 Å². The number of hydrogen-bond acceptors (Lipinski definition) is 4. The van der Waals surface area contributed by atoms with Crippen LogP contribution in [0.5, 0.6) is 0 Å². The van der Waals surface area contributed by atoms with Gasteiger partial charge in [0, 0.05) is 37.4 Å². The van der Waals surface area contributed by atoms with Crippen molar-refractivity contribution in [1.29, 1.82) is 0 Å². The zero-order valence-corrected chi connectivity index (χ0v) is 17.4. The molecule has 2 aromatic rings. The van der Waals surface area contributed by atoms with Crippen LogP contribution in [0, 0.1) is 0 Å². The zero-order chi connectivity index (χ0) is 21.7. The molecule has 1 aliphatic rings. The van der Waals surface area contributed by atoms with Crippen LogP contribution in [0.4, 0.5) is 19.0 Å². The largest absolute Gasteiger partial charge is 0.417 e. The van der Waals surface area contributed by atoms with Gasteiger partial charge in [-0.05, 0) is 37.1 Å². The number of aromatic nitrogens is 1. The number of pyridine rings is 1. The maximum absolute atomic E-state index is 12.7. The van der Waals surface area contributed by atoms with Crippen molar-refractivity contribution in [2.75, 3.05) is 37.6 Å². The summed E-state index contributed by atoms with van der Waals surface area (Å²) in [5.41, 5.74) is 0.106. The highest BCUT2D eigenvalue weighted by atomic mass is 35.5. The molecule has 1 atom stereocenters. The summed E-state index contributed by atoms with van der Waals surface area (Å²) in [6.45, 7) is 4.75. The summed E-state index contributed by atoms with van der Waals surface area (Å²) in [7, 11) is 0. The SMILES string of the molecule is C[C@@H](NC(=O)CN1CCCN(c2ccc(C(F)(F)F)cn2)CC1)c1ccccc1Cl. The molecule has 0 radical (unpaired) electrons. The number of carbonyl (C=O) groups excluding carboxylic acids is 1. The van der Waals surface area contributed by atoms with Crippen molar-refractivity contribution in [2.24, 2.45) is 0 Å². The number of amides is 1. The molecule has 1 aromatic carbocycles. The van der Waals surface area contributed by atoms with Crippen molar-refractivity contribution in [2.45, 2.75) is 25.6 Å². The number of nitrogens with one attached hydrogen (secondary N) is 1. The smallest absolute Gasteiger partial charge is 0.355 e. The van der Waals surface area contributed by atoms with Crippen LogP contribution in [0.25, 0.3) is 0 Å². The van der Waals surface area contributed by atoms with Gasteiger partial charge in [-0.15, -0.1) is 0 Å². The molecular formula is C21H24ClF3N4O. The van der Waals surface area contributed by atoms with Gasteiger partial charge >= 0.3 is 6.18 Å². The Bertz CT molecular complexity index is 860. The standard InChI is InChI=1S/C21H24ClF3N4O/c1-15(17-5-2-3-6-18(17)22)27-20(30)14-28-9-4-10-29(12-11-28)19-8-7-16(13-26-19)21(23,24)25/h2-3,5-8,13,15H,4,9-12,14H2,1H3,(H,27,30)/t15-/m1/s1. The summed E-state index contributed by atoms with van der Waals surface area (Å²) in [6, 6.07) is 9.64.